The van der Waals surface area contributed by atoms with Gasteiger partial charge in [-0.1, -0.05) is 61.7 Å². The molecule has 0 saturated heterocycles. The topological polar surface area (TPSA) is 131 Å². The van der Waals surface area contributed by atoms with Crippen LogP contribution in [0.25, 0.3) is 4.91 Å². The maximum atomic E-state index is 14.1. The van der Waals surface area contributed by atoms with Crippen molar-refractivity contribution in [2.45, 2.75) is 82.8 Å². The van der Waals surface area contributed by atoms with Crippen LogP contribution in [0.15, 0.2) is 60.2 Å². The lowest BCUT2D eigenvalue weighted by Crippen LogP contribution is -2.58. The third-order valence-corrected chi connectivity index (χ3v) is 9.92. The zero-order valence-corrected chi connectivity index (χ0v) is 26.6. The monoisotopic (exact) mass is 650 g/mol. The van der Waals surface area contributed by atoms with E-state index in [0.29, 0.717) is 31.3 Å². The van der Waals surface area contributed by atoms with Crippen molar-refractivity contribution in [3.05, 3.63) is 76.9 Å². The molecule has 2 aromatic carbocycles. The molecule has 1 saturated carbocycles. The van der Waals surface area contributed by atoms with E-state index in [-0.39, 0.29) is 36.8 Å². The summed E-state index contributed by atoms with van der Waals surface area (Å²) in [6.45, 7) is 4.65. The van der Waals surface area contributed by atoms with Gasteiger partial charge in [0, 0.05) is 13.1 Å². The lowest BCUT2D eigenvalue weighted by atomic mass is 9.76. The van der Waals surface area contributed by atoms with Gasteiger partial charge in [0.05, 0.1) is 34.8 Å². The number of amides is 2. The summed E-state index contributed by atoms with van der Waals surface area (Å²) in [7, 11) is -4.23. The minimum absolute atomic E-state index is 0.0980. The van der Waals surface area contributed by atoms with Gasteiger partial charge in [0.25, 0.3) is 0 Å². The van der Waals surface area contributed by atoms with Gasteiger partial charge in [0.1, 0.15) is 6.04 Å². The Kier molecular flexibility index (Phi) is 10.5. The first-order chi connectivity index (χ1) is 21.1. The number of likely N-dealkylation sites (N-methyl/N-ethyl adjacent to an activating group) is 1. The lowest BCUT2D eigenvalue weighted by Gasteiger charge is -2.38. The Hall–Kier alpha value is -3.26. The zero-order valence-electron chi connectivity index (χ0n) is 25.7. The van der Waals surface area contributed by atoms with Crippen molar-refractivity contribution in [2.75, 3.05) is 19.7 Å². The van der Waals surface area contributed by atoms with Crippen LogP contribution in [0.3, 0.4) is 0 Å². The van der Waals surface area contributed by atoms with Gasteiger partial charge in [-0.25, -0.2) is 13.1 Å². The molecule has 4 rings (SSSR count). The van der Waals surface area contributed by atoms with Crippen LogP contribution in [0, 0.1) is 0 Å². The molecule has 2 aliphatic rings. The van der Waals surface area contributed by atoms with Crippen LogP contribution in [-0.2, 0) is 37.1 Å². The summed E-state index contributed by atoms with van der Waals surface area (Å²) in [5, 5.41) is 2.68. The van der Waals surface area contributed by atoms with Crippen molar-refractivity contribution in [1.29, 1.82) is 0 Å². The maximum Gasteiger partial charge on any atom is 0.416 e. The number of halogens is 3. The van der Waals surface area contributed by atoms with Gasteiger partial charge < -0.3 is 20.7 Å². The van der Waals surface area contributed by atoms with Gasteiger partial charge >= 0.3 is 6.18 Å². The van der Waals surface area contributed by atoms with Crippen LogP contribution in [0.1, 0.15) is 69.6 Å². The van der Waals surface area contributed by atoms with Crippen molar-refractivity contribution in [2.24, 2.45) is 5.73 Å². The van der Waals surface area contributed by atoms with E-state index in [0.717, 1.165) is 24.1 Å². The highest BCUT2D eigenvalue weighted by Crippen LogP contribution is 2.46. The third-order valence-electron chi connectivity index (χ3n) is 8.24. The number of alkyl halides is 3. The van der Waals surface area contributed by atoms with Gasteiger partial charge in [0.2, 0.25) is 21.8 Å². The van der Waals surface area contributed by atoms with Crippen molar-refractivity contribution in [3.8, 4) is 0 Å². The molecule has 0 aromatic heterocycles. The van der Waals surface area contributed by atoms with Crippen LogP contribution in [0.4, 0.5) is 13.2 Å². The summed E-state index contributed by atoms with van der Waals surface area (Å²) in [5.74, 6) is -1.12. The van der Waals surface area contributed by atoms with Crippen LogP contribution in [0.5, 0.6) is 0 Å². The Morgan fingerprint density at radius 2 is 1.73 bits per heavy atom. The molecule has 1 aliphatic carbocycles. The van der Waals surface area contributed by atoms with Crippen molar-refractivity contribution >= 4 is 26.7 Å². The number of rotatable bonds is 11. The average molecular weight is 651 g/mol. The minimum atomic E-state index is -4.68. The number of nitrogens with zero attached hydrogens (tertiary/aromatic N) is 1. The number of carbonyl (C=O) groups is 2. The number of hydrogen-bond acceptors (Lipinski definition) is 6. The highest BCUT2D eigenvalue weighted by Gasteiger charge is 2.50. The van der Waals surface area contributed by atoms with E-state index in [9.17, 15) is 31.2 Å². The number of benzene rings is 2. The van der Waals surface area contributed by atoms with Crippen LogP contribution in [-0.4, -0.2) is 61.9 Å². The fraction of sp³-hybridized carbons (Fsp3) is 0.500. The molecule has 0 radical (unpaired) electrons. The first-order valence-corrected chi connectivity index (χ1v) is 16.5. The molecule has 1 spiro atoms. The van der Waals surface area contributed by atoms with Gasteiger partial charge in [-0.3, -0.25) is 9.59 Å². The third kappa shape index (κ3) is 8.13. The molecule has 1 aliphatic heterocycles. The molecule has 2 aromatic rings. The molecular weight excluding hydrogens is 609 g/mol. The Balaban J connectivity index is 1.72. The Bertz CT molecular complexity index is 1520. The second-order valence-corrected chi connectivity index (χ2v) is 13.9. The standard InChI is InChI=1S/C32H41F3N4O5S/c1-4-39(28(40)26(37-29(41)30(2,3)36)21-44-20-22-12-7-5-8-13-22)19-25-27(23-14-11-15-24(18-23)32(33,34)35)45(42,43)38-31(25)16-9-6-10-17-31/h5,7-8,11-15,18,26,38H,4,6,9-10,16-17,19-21,36H2,1-3H3,(H,37,41)/t26-/m1/s1. The number of nitrogens with two attached hydrogens (primary N) is 1. The van der Waals surface area contributed by atoms with E-state index >= 15 is 0 Å². The van der Waals surface area contributed by atoms with E-state index in [1.165, 1.54) is 30.9 Å². The van der Waals surface area contributed by atoms with E-state index in [1.54, 1.807) is 6.92 Å². The summed E-state index contributed by atoms with van der Waals surface area (Å²) in [6.07, 6.45) is -1.50. The molecule has 0 bridgehead atoms. The molecule has 1 heterocycles. The lowest BCUT2D eigenvalue weighted by molar-refractivity contribution is -0.139. The summed E-state index contributed by atoms with van der Waals surface area (Å²) in [6, 6.07) is 12.3. The maximum absolute atomic E-state index is 14.1. The molecule has 1 fully saturated rings. The van der Waals surface area contributed by atoms with Gasteiger partial charge in [-0.15, -0.1) is 0 Å². The molecule has 45 heavy (non-hydrogen) atoms. The number of hydrogen-bond donors (Lipinski definition) is 3. The predicted molar refractivity (Wildman–Crippen MR) is 165 cm³/mol. The van der Waals surface area contributed by atoms with Crippen LogP contribution in [0.2, 0.25) is 0 Å². The van der Waals surface area contributed by atoms with Crippen molar-refractivity contribution in [3.63, 3.8) is 0 Å². The molecule has 0 unspecified atom stereocenters. The molecular formula is C32H41F3N4O5S. The van der Waals surface area contributed by atoms with E-state index < -0.39 is 50.7 Å². The zero-order chi connectivity index (χ0) is 33.0. The van der Waals surface area contributed by atoms with Crippen LogP contribution < -0.4 is 15.8 Å². The first-order valence-electron chi connectivity index (χ1n) is 15.0. The Morgan fingerprint density at radius 1 is 1.07 bits per heavy atom. The summed E-state index contributed by atoms with van der Waals surface area (Å²) in [5.41, 5.74) is 3.78. The second-order valence-electron chi connectivity index (χ2n) is 12.2. The highest BCUT2D eigenvalue weighted by atomic mass is 32.2. The van der Waals surface area contributed by atoms with Crippen molar-refractivity contribution in [1.82, 2.24) is 14.9 Å². The van der Waals surface area contributed by atoms with E-state index in [4.69, 9.17) is 10.5 Å². The van der Waals surface area contributed by atoms with Gasteiger partial charge in [-0.05, 0) is 62.4 Å². The molecule has 9 nitrogen and oxygen atoms in total. The normalized spacial score (nSPS) is 18.6. The number of nitrogens with one attached hydrogen (secondary N) is 2. The molecule has 13 heteroatoms. The minimum Gasteiger partial charge on any atom is -0.374 e. The Labute approximate surface area is 262 Å². The van der Waals surface area contributed by atoms with Crippen LogP contribution >= 0.6 is 0 Å². The number of carbonyl (C=O) groups excluding carboxylic acids is 2. The largest absolute Gasteiger partial charge is 0.416 e. The summed E-state index contributed by atoms with van der Waals surface area (Å²) >= 11 is 0. The highest BCUT2D eigenvalue weighted by molar-refractivity contribution is 7.99. The summed E-state index contributed by atoms with van der Waals surface area (Å²) < 4.78 is 76.9. The average Bonchev–Trinajstić information content (AvgIpc) is 3.19. The van der Waals surface area contributed by atoms with Gasteiger partial charge in [0.15, 0.2) is 0 Å². The fourth-order valence-electron chi connectivity index (χ4n) is 5.84. The predicted octanol–water partition coefficient (Wildman–Crippen LogP) is 4.34. The number of sulfonamides is 1. The quantitative estimate of drug-likeness (QED) is 0.332. The number of ether oxygens (including phenoxy) is 1. The fourth-order valence-corrected chi connectivity index (χ4v) is 7.81. The second kappa shape index (κ2) is 13.6. The Morgan fingerprint density at radius 3 is 2.33 bits per heavy atom. The SMILES string of the molecule is CCN(CC1=C(c2cccc(C(F)(F)F)c2)S(=O)(=O)NC12CCCCC2)C(=O)[C@@H](COCc1ccccc1)NC(=O)C(C)(C)N. The first kappa shape index (κ1) is 34.6. The van der Waals surface area contributed by atoms with Gasteiger partial charge in [-0.2, -0.15) is 13.2 Å². The van der Waals surface area contributed by atoms with Crippen molar-refractivity contribution < 1.29 is 35.9 Å². The molecule has 246 valence electrons. The smallest absolute Gasteiger partial charge is 0.374 e. The summed E-state index contributed by atoms with van der Waals surface area (Å²) in [4.78, 5) is 28.1. The molecule has 1 atom stereocenters. The molecule has 2 amide bonds. The molecule has 4 N–H and O–H groups in total. The van der Waals surface area contributed by atoms with E-state index in [1.807, 2.05) is 30.3 Å². The van der Waals surface area contributed by atoms with E-state index in [2.05, 4.69) is 10.0 Å².